The Morgan fingerprint density at radius 2 is 1.82 bits per heavy atom. The summed E-state index contributed by atoms with van der Waals surface area (Å²) in [4.78, 5) is 14.5. The van der Waals surface area contributed by atoms with Gasteiger partial charge in [0.05, 0.1) is 5.69 Å². The third-order valence-corrected chi connectivity index (χ3v) is 2.29. The first-order valence-corrected chi connectivity index (χ1v) is 5.18. The van der Waals surface area contributed by atoms with Crippen molar-refractivity contribution in [2.45, 2.75) is 0 Å². The fourth-order valence-corrected chi connectivity index (χ4v) is 1.46. The Labute approximate surface area is 99.1 Å². The van der Waals surface area contributed by atoms with Crippen molar-refractivity contribution in [3.05, 3.63) is 60.4 Å². The van der Waals surface area contributed by atoms with Crippen LogP contribution in [0.25, 0.3) is 17.2 Å². The molecule has 0 bridgehead atoms. The smallest absolute Gasteiger partial charge is 0.328 e. The molecule has 0 saturated carbocycles. The van der Waals surface area contributed by atoms with E-state index in [0.29, 0.717) is 5.69 Å². The fourth-order valence-electron chi connectivity index (χ4n) is 1.46. The van der Waals surface area contributed by atoms with Crippen LogP contribution in [-0.4, -0.2) is 16.1 Å². The third kappa shape index (κ3) is 3.01. The summed E-state index contributed by atoms with van der Waals surface area (Å²) in [6.45, 7) is 0. The lowest BCUT2D eigenvalue weighted by molar-refractivity contribution is -0.131. The quantitative estimate of drug-likeness (QED) is 0.817. The zero-order valence-corrected chi connectivity index (χ0v) is 9.08. The number of aliphatic carboxylic acids is 1. The molecule has 0 amide bonds. The first-order valence-electron chi connectivity index (χ1n) is 5.18. The molecule has 3 heteroatoms. The van der Waals surface area contributed by atoms with Gasteiger partial charge in [-0.2, -0.15) is 0 Å². The monoisotopic (exact) mass is 225 g/mol. The van der Waals surface area contributed by atoms with E-state index in [2.05, 4.69) is 4.98 Å². The van der Waals surface area contributed by atoms with Crippen LogP contribution in [0.3, 0.4) is 0 Å². The van der Waals surface area contributed by atoms with Gasteiger partial charge >= 0.3 is 5.97 Å². The van der Waals surface area contributed by atoms with Crippen LogP contribution in [0.1, 0.15) is 5.69 Å². The summed E-state index contributed by atoms with van der Waals surface area (Å²) in [6, 6.07) is 13.6. The number of pyridine rings is 1. The molecule has 2 aromatic rings. The molecule has 0 fully saturated rings. The number of benzene rings is 1. The van der Waals surface area contributed by atoms with Crippen molar-refractivity contribution in [1.29, 1.82) is 0 Å². The van der Waals surface area contributed by atoms with Gasteiger partial charge in [0.1, 0.15) is 0 Å². The fraction of sp³-hybridized carbons (Fsp3) is 0. The molecule has 0 aliphatic rings. The topological polar surface area (TPSA) is 50.2 Å². The summed E-state index contributed by atoms with van der Waals surface area (Å²) >= 11 is 0. The lowest BCUT2D eigenvalue weighted by Crippen LogP contribution is -1.87. The molecular formula is C14H11NO2. The van der Waals surface area contributed by atoms with Gasteiger partial charge in [0.15, 0.2) is 0 Å². The average Bonchev–Trinajstić information content (AvgIpc) is 2.38. The van der Waals surface area contributed by atoms with E-state index in [9.17, 15) is 4.79 Å². The molecule has 0 radical (unpaired) electrons. The number of hydrogen-bond acceptors (Lipinski definition) is 2. The highest BCUT2D eigenvalue weighted by molar-refractivity contribution is 5.84. The number of hydrogen-bond donors (Lipinski definition) is 1. The second kappa shape index (κ2) is 5.07. The maximum atomic E-state index is 10.3. The molecule has 1 N–H and O–H groups in total. The highest BCUT2D eigenvalue weighted by Crippen LogP contribution is 2.17. The van der Waals surface area contributed by atoms with Crippen molar-refractivity contribution < 1.29 is 9.90 Å². The Morgan fingerprint density at radius 1 is 1.06 bits per heavy atom. The Morgan fingerprint density at radius 3 is 2.41 bits per heavy atom. The largest absolute Gasteiger partial charge is 0.478 e. The number of nitrogens with zero attached hydrogens (tertiary/aromatic N) is 1. The molecule has 0 aliphatic carbocycles. The van der Waals surface area contributed by atoms with E-state index in [1.807, 2.05) is 36.4 Å². The van der Waals surface area contributed by atoms with Crippen LogP contribution in [0.4, 0.5) is 0 Å². The van der Waals surface area contributed by atoms with Gasteiger partial charge in [0.2, 0.25) is 0 Å². The van der Waals surface area contributed by atoms with Gasteiger partial charge < -0.3 is 5.11 Å². The summed E-state index contributed by atoms with van der Waals surface area (Å²) < 4.78 is 0. The molecule has 0 atom stereocenters. The lowest BCUT2D eigenvalue weighted by Gasteiger charge is -2.00. The minimum absolute atomic E-state index is 0.632. The Kier molecular flexibility index (Phi) is 3.31. The predicted octanol–water partition coefficient (Wildman–Crippen LogP) is 2.85. The van der Waals surface area contributed by atoms with Crippen molar-refractivity contribution in [2.75, 3.05) is 0 Å². The molecule has 1 heterocycles. The first kappa shape index (κ1) is 11.1. The van der Waals surface area contributed by atoms with Crippen LogP contribution in [0, 0.1) is 0 Å². The summed E-state index contributed by atoms with van der Waals surface area (Å²) in [5.41, 5.74) is 2.74. The summed E-state index contributed by atoms with van der Waals surface area (Å²) in [5.74, 6) is -0.973. The second-order valence-electron chi connectivity index (χ2n) is 3.51. The van der Waals surface area contributed by atoms with E-state index in [1.165, 1.54) is 6.08 Å². The van der Waals surface area contributed by atoms with Crippen molar-refractivity contribution >= 4 is 12.0 Å². The molecule has 3 nitrogen and oxygen atoms in total. The standard InChI is InChI=1S/C14H11NO2/c16-14(17)9-8-13-7-6-12(10-15-13)11-4-2-1-3-5-11/h1-10H,(H,16,17)/b9-8+. The van der Waals surface area contributed by atoms with Crippen LogP contribution in [0.5, 0.6) is 0 Å². The number of carboxylic acids is 1. The number of carbonyl (C=O) groups is 1. The highest BCUT2D eigenvalue weighted by atomic mass is 16.4. The molecule has 0 saturated heterocycles. The summed E-state index contributed by atoms with van der Waals surface area (Å²) in [5, 5.41) is 8.49. The number of rotatable bonds is 3. The van der Waals surface area contributed by atoms with Gasteiger partial charge in [-0.15, -0.1) is 0 Å². The van der Waals surface area contributed by atoms with Gasteiger partial charge in [-0.3, -0.25) is 4.98 Å². The van der Waals surface area contributed by atoms with Crippen molar-refractivity contribution in [3.63, 3.8) is 0 Å². The SMILES string of the molecule is O=C(O)/C=C/c1ccc(-c2ccccc2)cn1. The van der Waals surface area contributed by atoms with Crippen LogP contribution in [0.15, 0.2) is 54.7 Å². The zero-order valence-electron chi connectivity index (χ0n) is 9.08. The maximum absolute atomic E-state index is 10.3. The molecule has 17 heavy (non-hydrogen) atoms. The minimum atomic E-state index is -0.973. The van der Waals surface area contributed by atoms with E-state index in [-0.39, 0.29) is 0 Å². The summed E-state index contributed by atoms with van der Waals surface area (Å²) in [6.07, 6.45) is 4.28. The van der Waals surface area contributed by atoms with Crippen LogP contribution in [-0.2, 0) is 4.79 Å². The number of carboxylic acid groups (broad SMARTS) is 1. The Bertz CT molecular complexity index is 530. The van der Waals surface area contributed by atoms with E-state index in [1.54, 1.807) is 12.3 Å². The normalized spacial score (nSPS) is 10.6. The molecule has 2 rings (SSSR count). The van der Waals surface area contributed by atoms with E-state index in [4.69, 9.17) is 5.11 Å². The minimum Gasteiger partial charge on any atom is -0.478 e. The molecule has 84 valence electrons. The summed E-state index contributed by atoms with van der Waals surface area (Å²) in [7, 11) is 0. The van der Waals surface area contributed by atoms with E-state index >= 15 is 0 Å². The van der Waals surface area contributed by atoms with Crippen molar-refractivity contribution in [1.82, 2.24) is 4.98 Å². The van der Waals surface area contributed by atoms with Crippen LogP contribution in [0.2, 0.25) is 0 Å². The van der Waals surface area contributed by atoms with Gasteiger partial charge in [-0.25, -0.2) is 4.79 Å². The Balaban J connectivity index is 2.22. The maximum Gasteiger partial charge on any atom is 0.328 e. The molecular weight excluding hydrogens is 214 g/mol. The predicted molar refractivity (Wildman–Crippen MR) is 66.3 cm³/mol. The highest BCUT2D eigenvalue weighted by Gasteiger charge is 1.97. The molecule has 1 aromatic carbocycles. The number of aromatic nitrogens is 1. The van der Waals surface area contributed by atoms with Crippen molar-refractivity contribution in [3.8, 4) is 11.1 Å². The van der Waals surface area contributed by atoms with Gasteiger partial charge in [0, 0.05) is 17.8 Å². The first-order chi connectivity index (χ1) is 8.25. The Hall–Kier alpha value is -2.42. The lowest BCUT2D eigenvalue weighted by atomic mass is 10.1. The average molecular weight is 225 g/mol. The van der Waals surface area contributed by atoms with Crippen LogP contribution >= 0.6 is 0 Å². The third-order valence-electron chi connectivity index (χ3n) is 2.29. The van der Waals surface area contributed by atoms with E-state index < -0.39 is 5.97 Å². The zero-order chi connectivity index (χ0) is 12.1. The molecule has 1 aromatic heterocycles. The van der Waals surface area contributed by atoms with Gasteiger partial charge in [-0.05, 0) is 17.7 Å². The van der Waals surface area contributed by atoms with E-state index in [0.717, 1.165) is 17.2 Å². The molecule has 0 unspecified atom stereocenters. The molecule has 0 aliphatic heterocycles. The van der Waals surface area contributed by atoms with Gasteiger partial charge in [0.25, 0.3) is 0 Å². The molecule has 0 spiro atoms. The van der Waals surface area contributed by atoms with Gasteiger partial charge in [-0.1, -0.05) is 36.4 Å². The van der Waals surface area contributed by atoms with Crippen LogP contribution < -0.4 is 0 Å². The van der Waals surface area contributed by atoms with Crippen molar-refractivity contribution in [2.24, 2.45) is 0 Å². The second-order valence-corrected chi connectivity index (χ2v) is 3.51.